The van der Waals surface area contributed by atoms with Gasteiger partial charge in [-0.15, -0.1) is 0 Å². The molecule has 37 heavy (non-hydrogen) atoms. The Morgan fingerprint density at radius 1 is 1.16 bits per heavy atom. The molecular formula is C21H27BrF3N7O4S. The minimum absolute atomic E-state index is 0.0386. The summed E-state index contributed by atoms with van der Waals surface area (Å²) in [6, 6.07) is -0.626. The van der Waals surface area contributed by atoms with E-state index in [1.54, 1.807) is 32.5 Å². The van der Waals surface area contributed by atoms with Crippen LogP contribution in [0.4, 0.5) is 34.5 Å². The quantitative estimate of drug-likeness (QED) is 0.461. The van der Waals surface area contributed by atoms with Crippen molar-refractivity contribution in [3.63, 3.8) is 0 Å². The Morgan fingerprint density at radius 3 is 2.51 bits per heavy atom. The lowest BCUT2D eigenvalue weighted by molar-refractivity contribution is -0.174. The second-order valence-corrected chi connectivity index (χ2v) is 11.6. The lowest BCUT2D eigenvalue weighted by Gasteiger charge is -2.24. The van der Waals surface area contributed by atoms with Crippen molar-refractivity contribution in [2.75, 3.05) is 28.6 Å². The van der Waals surface area contributed by atoms with Crippen LogP contribution in [0, 0.1) is 0 Å². The number of carbonyl (C=O) groups excluding carboxylic acids is 3. The summed E-state index contributed by atoms with van der Waals surface area (Å²) in [4.78, 5) is 42.7. The van der Waals surface area contributed by atoms with Crippen LogP contribution in [0.5, 0.6) is 0 Å². The first-order valence-corrected chi connectivity index (χ1v) is 12.9. The summed E-state index contributed by atoms with van der Waals surface area (Å²) in [6.45, 7) is 5.94. The Kier molecular flexibility index (Phi) is 8.72. The first kappa shape index (κ1) is 28.7. The van der Waals surface area contributed by atoms with Gasteiger partial charge < -0.3 is 20.3 Å². The number of nitrogens with zero attached hydrogens (tertiary/aromatic N) is 4. The number of thiazole rings is 1. The van der Waals surface area contributed by atoms with E-state index in [0.717, 1.165) is 11.3 Å². The number of amides is 3. The van der Waals surface area contributed by atoms with E-state index in [9.17, 15) is 27.6 Å². The molecule has 204 valence electrons. The molecule has 1 atom stereocenters. The first-order valence-electron chi connectivity index (χ1n) is 11.3. The summed E-state index contributed by atoms with van der Waals surface area (Å²) < 4.78 is 45.1. The van der Waals surface area contributed by atoms with Gasteiger partial charge in [0.1, 0.15) is 16.3 Å². The fourth-order valence-corrected chi connectivity index (χ4v) is 5.06. The topological polar surface area (TPSA) is 130 Å². The molecule has 0 aromatic carbocycles. The molecule has 1 saturated heterocycles. The third-order valence-corrected chi connectivity index (χ3v) is 6.63. The number of ether oxygens (including phenoxy) is 1. The maximum atomic E-state index is 13.1. The summed E-state index contributed by atoms with van der Waals surface area (Å²) >= 11 is 4.26. The first-order chi connectivity index (χ1) is 17.1. The Balaban J connectivity index is 1.72. The van der Waals surface area contributed by atoms with Gasteiger partial charge in [0, 0.05) is 26.2 Å². The van der Waals surface area contributed by atoms with Gasteiger partial charge in [-0.3, -0.25) is 19.6 Å². The van der Waals surface area contributed by atoms with Gasteiger partial charge >= 0.3 is 18.2 Å². The Bertz CT molecular complexity index is 1160. The van der Waals surface area contributed by atoms with E-state index >= 15 is 0 Å². The molecule has 3 amide bonds. The van der Waals surface area contributed by atoms with Gasteiger partial charge in [0.15, 0.2) is 15.4 Å². The number of alkyl halides is 3. The predicted molar refractivity (Wildman–Crippen MR) is 135 cm³/mol. The molecule has 0 unspecified atom stereocenters. The van der Waals surface area contributed by atoms with Gasteiger partial charge in [-0.05, 0) is 56.0 Å². The monoisotopic (exact) mass is 609 g/mol. The van der Waals surface area contributed by atoms with E-state index in [2.05, 4.69) is 36.6 Å². The zero-order chi connectivity index (χ0) is 27.5. The number of hydrogen-bond acceptors (Lipinski definition) is 8. The van der Waals surface area contributed by atoms with E-state index in [1.807, 2.05) is 10.2 Å². The molecule has 2 aromatic rings. The van der Waals surface area contributed by atoms with Gasteiger partial charge in [-0.25, -0.2) is 9.78 Å². The van der Waals surface area contributed by atoms with Gasteiger partial charge in [-0.1, -0.05) is 11.3 Å². The van der Waals surface area contributed by atoms with Crippen molar-refractivity contribution in [2.24, 2.45) is 7.05 Å². The molecule has 2 aromatic heterocycles. The molecule has 0 radical (unpaired) electrons. The molecule has 11 nitrogen and oxygen atoms in total. The molecular weight excluding hydrogens is 583 g/mol. The van der Waals surface area contributed by atoms with Crippen molar-refractivity contribution in [1.29, 1.82) is 0 Å². The lowest BCUT2D eigenvalue weighted by Crippen LogP contribution is -2.43. The summed E-state index contributed by atoms with van der Waals surface area (Å²) in [7, 11) is 1.67. The van der Waals surface area contributed by atoms with E-state index in [1.165, 1.54) is 6.20 Å². The van der Waals surface area contributed by atoms with Crippen molar-refractivity contribution in [3.05, 3.63) is 15.8 Å². The third kappa shape index (κ3) is 7.80. The predicted octanol–water partition coefficient (Wildman–Crippen LogP) is 4.28. The van der Waals surface area contributed by atoms with E-state index in [-0.39, 0.29) is 17.1 Å². The van der Waals surface area contributed by atoms with Crippen LogP contribution in [0.3, 0.4) is 0 Å². The number of hydrogen-bond donors (Lipinski definition) is 3. The number of aromatic nitrogens is 3. The van der Waals surface area contributed by atoms with E-state index in [0.29, 0.717) is 41.4 Å². The molecule has 1 fully saturated rings. The van der Waals surface area contributed by atoms with Crippen molar-refractivity contribution in [2.45, 2.75) is 57.9 Å². The highest BCUT2D eigenvalue weighted by atomic mass is 79.9. The maximum Gasteiger partial charge on any atom is 0.471 e. The minimum atomic E-state index is -4.94. The second-order valence-electron chi connectivity index (χ2n) is 9.32. The number of aryl methyl sites for hydroxylation is 1. The van der Waals surface area contributed by atoms with Crippen LogP contribution in [-0.2, 0) is 16.6 Å². The standard InChI is InChI=1S/C21H27BrF3N7O4S/c1-20(2,3)36-19(35)30-15-13(29-18(22)37-15)14(33)28-12-10-26-31(4)16(12)32-8-5-6-11(7-9-32)27-17(34)21(23,24)25/h10-11H,5-9H2,1-4H3,(H,27,34)(H,28,33)(H,30,35)/t11-/m0/s1. The van der Waals surface area contributed by atoms with Crippen molar-refractivity contribution in [3.8, 4) is 0 Å². The van der Waals surface area contributed by atoms with Gasteiger partial charge in [-0.2, -0.15) is 18.3 Å². The normalized spacial score (nSPS) is 16.6. The van der Waals surface area contributed by atoms with Crippen LogP contribution in [0.25, 0.3) is 0 Å². The molecule has 0 aliphatic carbocycles. The molecule has 3 N–H and O–H groups in total. The highest BCUT2D eigenvalue weighted by molar-refractivity contribution is 9.11. The smallest absolute Gasteiger partial charge is 0.444 e. The second kappa shape index (κ2) is 11.2. The van der Waals surface area contributed by atoms with Gasteiger partial charge in [0.05, 0.1) is 6.20 Å². The van der Waals surface area contributed by atoms with E-state index in [4.69, 9.17) is 4.74 Å². The van der Waals surface area contributed by atoms with E-state index < -0.39 is 35.7 Å². The van der Waals surface area contributed by atoms with Crippen LogP contribution in [0.2, 0.25) is 0 Å². The third-order valence-electron chi connectivity index (χ3n) is 5.21. The van der Waals surface area contributed by atoms with Gasteiger partial charge in [0.25, 0.3) is 5.91 Å². The highest BCUT2D eigenvalue weighted by Crippen LogP contribution is 2.32. The van der Waals surface area contributed by atoms with Crippen LogP contribution in [-0.4, -0.2) is 63.6 Å². The maximum absolute atomic E-state index is 13.1. The summed E-state index contributed by atoms with van der Waals surface area (Å²) in [5, 5.41) is 11.7. The SMILES string of the molecule is Cn1ncc(NC(=O)c2nc(Br)sc2NC(=O)OC(C)(C)C)c1N1CCC[C@H](NC(=O)C(F)(F)F)CC1. The van der Waals surface area contributed by atoms with Crippen molar-refractivity contribution < 1.29 is 32.3 Å². The zero-order valence-corrected chi connectivity index (χ0v) is 22.9. The van der Waals surface area contributed by atoms with Gasteiger partial charge in [0.2, 0.25) is 0 Å². The Hall–Kier alpha value is -2.88. The Morgan fingerprint density at radius 2 is 1.86 bits per heavy atom. The molecule has 3 rings (SSSR count). The average molecular weight is 610 g/mol. The van der Waals surface area contributed by atoms with Crippen molar-refractivity contribution >= 4 is 61.7 Å². The molecule has 1 aliphatic rings. The minimum Gasteiger partial charge on any atom is -0.444 e. The lowest BCUT2D eigenvalue weighted by atomic mass is 10.1. The fourth-order valence-electron chi connectivity index (χ4n) is 3.72. The molecule has 16 heteroatoms. The average Bonchev–Trinajstić information content (AvgIpc) is 3.20. The zero-order valence-electron chi connectivity index (χ0n) is 20.5. The van der Waals surface area contributed by atoms with Crippen molar-refractivity contribution in [1.82, 2.24) is 20.1 Å². The molecule has 0 saturated carbocycles. The summed E-state index contributed by atoms with van der Waals surface area (Å²) in [6.07, 6.45) is -3.05. The highest BCUT2D eigenvalue weighted by Gasteiger charge is 2.40. The van der Waals surface area contributed by atoms with Crippen LogP contribution >= 0.6 is 27.3 Å². The largest absolute Gasteiger partial charge is 0.471 e. The Labute approximate surface area is 223 Å². The number of carbonyl (C=O) groups is 3. The molecule has 3 heterocycles. The van der Waals surface area contributed by atoms with Crippen LogP contribution in [0.1, 0.15) is 50.5 Å². The van der Waals surface area contributed by atoms with Crippen LogP contribution in [0.15, 0.2) is 10.1 Å². The molecule has 0 spiro atoms. The molecule has 0 bridgehead atoms. The molecule has 1 aliphatic heterocycles. The summed E-state index contributed by atoms with van der Waals surface area (Å²) in [5.41, 5.74) is -0.415. The number of nitrogens with one attached hydrogen (secondary N) is 3. The fraction of sp³-hybridized carbons (Fsp3) is 0.571. The van der Waals surface area contributed by atoms with Crippen LogP contribution < -0.4 is 20.9 Å². The number of halogens is 4. The number of anilines is 3. The number of rotatable bonds is 5. The summed E-state index contributed by atoms with van der Waals surface area (Å²) in [5.74, 6) is -2.01.